The standard InChI is InChI=1S/C10H16N4O/c1-13-7-10(5-12-13)14-4-2-3-9(6-14)11-8-15/h5,7-9H,2-4,6H2,1H3,(H,11,15). The second kappa shape index (κ2) is 4.33. The molecule has 0 bridgehead atoms. The second-order valence-electron chi connectivity index (χ2n) is 3.94. The van der Waals surface area contributed by atoms with Crippen molar-refractivity contribution in [3.05, 3.63) is 12.4 Å². The van der Waals surface area contributed by atoms with Crippen LogP contribution in [0.2, 0.25) is 0 Å². The van der Waals surface area contributed by atoms with Crippen LogP contribution in [0, 0.1) is 0 Å². The summed E-state index contributed by atoms with van der Waals surface area (Å²) in [6.07, 6.45) is 6.83. The number of hydrogen-bond donors (Lipinski definition) is 1. The van der Waals surface area contributed by atoms with Crippen LogP contribution in [-0.2, 0) is 11.8 Å². The Bertz CT molecular complexity index is 336. The predicted molar refractivity (Wildman–Crippen MR) is 57.6 cm³/mol. The lowest BCUT2D eigenvalue weighted by atomic mass is 10.1. The van der Waals surface area contributed by atoms with Crippen LogP contribution >= 0.6 is 0 Å². The van der Waals surface area contributed by atoms with Crippen LogP contribution < -0.4 is 10.2 Å². The van der Waals surface area contributed by atoms with Gasteiger partial charge in [0, 0.05) is 32.4 Å². The maximum absolute atomic E-state index is 10.4. The van der Waals surface area contributed by atoms with Gasteiger partial charge in [-0.05, 0) is 12.8 Å². The molecule has 1 atom stereocenters. The van der Waals surface area contributed by atoms with E-state index in [0.29, 0.717) is 0 Å². The first-order valence-corrected chi connectivity index (χ1v) is 5.23. The molecule has 1 amide bonds. The maximum Gasteiger partial charge on any atom is 0.207 e. The molecule has 1 saturated heterocycles. The number of rotatable bonds is 3. The number of carbonyl (C=O) groups is 1. The third kappa shape index (κ3) is 2.29. The largest absolute Gasteiger partial charge is 0.367 e. The van der Waals surface area contributed by atoms with Gasteiger partial charge in [0.1, 0.15) is 0 Å². The van der Waals surface area contributed by atoms with E-state index in [-0.39, 0.29) is 6.04 Å². The predicted octanol–water partition coefficient (Wildman–Crippen LogP) is 0.135. The van der Waals surface area contributed by atoms with Crippen LogP contribution in [-0.4, -0.2) is 35.3 Å². The van der Waals surface area contributed by atoms with Gasteiger partial charge in [0.25, 0.3) is 0 Å². The number of anilines is 1. The first kappa shape index (κ1) is 10.0. The molecule has 82 valence electrons. The molecule has 1 aromatic heterocycles. The minimum Gasteiger partial charge on any atom is -0.367 e. The Kier molecular flexibility index (Phi) is 2.89. The van der Waals surface area contributed by atoms with E-state index in [1.807, 2.05) is 19.4 Å². The van der Waals surface area contributed by atoms with Gasteiger partial charge in [-0.15, -0.1) is 0 Å². The summed E-state index contributed by atoms with van der Waals surface area (Å²) in [5.74, 6) is 0. The third-order valence-electron chi connectivity index (χ3n) is 2.78. The Morgan fingerprint density at radius 3 is 3.20 bits per heavy atom. The summed E-state index contributed by atoms with van der Waals surface area (Å²) in [4.78, 5) is 12.6. The van der Waals surface area contributed by atoms with E-state index < -0.39 is 0 Å². The second-order valence-corrected chi connectivity index (χ2v) is 3.94. The van der Waals surface area contributed by atoms with E-state index in [4.69, 9.17) is 0 Å². The fraction of sp³-hybridized carbons (Fsp3) is 0.600. The molecule has 1 unspecified atom stereocenters. The SMILES string of the molecule is Cn1cc(N2CCCC(NC=O)C2)cn1. The van der Waals surface area contributed by atoms with Crippen molar-refractivity contribution in [1.29, 1.82) is 0 Å². The molecule has 0 saturated carbocycles. The highest BCUT2D eigenvalue weighted by atomic mass is 16.1. The van der Waals surface area contributed by atoms with Crippen LogP contribution in [0.4, 0.5) is 5.69 Å². The Morgan fingerprint density at radius 2 is 2.53 bits per heavy atom. The van der Waals surface area contributed by atoms with Gasteiger partial charge >= 0.3 is 0 Å². The highest BCUT2D eigenvalue weighted by Gasteiger charge is 2.19. The van der Waals surface area contributed by atoms with Gasteiger partial charge in [-0.2, -0.15) is 5.10 Å². The van der Waals surface area contributed by atoms with Crippen LogP contribution in [0.1, 0.15) is 12.8 Å². The number of carbonyl (C=O) groups excluding carboxylic acids is 1. The smallest absolute Gasteiger partial charge is 0.207 e. The summed E-state index contributed by atoms with van der Waals surface area (Å²) in [6, 6.07) is 0.274. The number of piperidine rings is 1. The van der Waals surface area contributed by atoms with Crippen molar-refractivity contribution < 1.29 is 4.79 Å². The fourth-order valence-corrected chi connectivity index (χ4v) is 2.02. The molecular weight excluding hydrogens is 192 g/mol. The summed E-state index contributed by atoms with van der Waals surface area (Å²) in [7, 11) is 1.91. The molecule has 15 heavy (non-hydrogen) atoms. The fourth-order valence-electron chi connectivity index (χ4n) is 2.02. The minimum atomic E-state index is 0.274. The van der Waals surface area contributed by atoms with E-state index in [1.54, 1.807) is 4.68 Å². The lowest BCUT2D eigenvalue weighted by molar-refractivity contribution is -0.110. The van der Waals surface area contributed by atoms with Gasteiger partial charge in [0.2, 0.25) is 6.41 Å². The highest BCUT2D eigenvalue weighted by Crippen LogP contribution is 2.18. The van der Waals surface area contributed by atoms with Gasteiger partial charge in [0.15, 0.2) is 0 Å². The van der Waals surface area contributed by atoms with E-state index in [1.165, 1.54) is 0 Å². The number of aromatic nitrogens is 2. The monoisotopic (exact) mass is 208 g/mol. The lowest BCUT2D eigenvalue weighted by Crippen LogP contribution is -2.45. The van der Waals surface area contributed by atoms with Crippen molar-refractivity contribution in [3.8, 4) is 0 Å². The molecule has 2 rings (SSSR count). The Balaban J connectivity index is 2.00. The zero-order chi connectivity index (χ0) is 10.7. The van der Waals surface area contributed by atoms with Crippen molar-refractivity contribution in [2.24, 2.45) is 7.05 Å². The van der Waals surface area contributed by atoms with Crippen LogP contribution in [0.15, 0.2) is 12.4 Å². The third-order valence-corrected chi connectivity index (χ3v) is 2.78. The lowest BCUT2D eigenvalue weighted by Gasteiger charge is -2.32. The molecule has 1 aliphatic rings. The van der Waals surface area contributed by atoms with Crippen LogP contribution in [0.5, 0.6) is 0 Å². The van der Waals surface area contributed by atoms with Crippen molar-refractivity contribution in [3.63, 3.8) is 0 Å². The Labute approximate surface area is 89.1 Å². The quantitative estimate of drug-likeness (QED) is 0.719. The van der Waals surface area contributed by atoms with Gasteiger partial charge in [-0.25, -0.2) is 0 Å². The molecule has 0 aliphatic carbocycles. The molecule has 0 spiro atoms. The number of amides is 1. The molecular formula is C10H16N4O. The highest BCUT2D eigenvalue weighted by molar-refractivity contribution is 5.48. The van der Waals surface area contributed by atoms with Crippen LogP contribution in [0.25, 0.3) is 0 Å². The van der Waals surface area contributed by atoms with Crippen molar-refractivity contribution >= 4 is 12.1 Å². The summed E-state index contributed by atoms with van der Waals surface area (Å²) in [5.41, 5.74) is 1.13. The molecule has 1 N–H and O–H groups in total. The average Bonchev–Trinajstić information content (AvgIpc) is 2.66. The summed E-state index contributed by atoms with van der Waals surface area (Å²) < 4.78 is 1.80. The molecule has 5 nitrogen and oxygen atoms in total. The van der Waals surface area contributed by atoms with Gasteiger partial charge in [-0.3, -0.25) is 9.48 Å². The molecule has 1 fully saturated rings. The first-order valence-electron chi connectivity index (χ1n) is 5.23. The topological polar surface area (TPSA) is 50.2 Å². The van der Waals surface area contributed by atoms with E-state index in [9.17, 15) is 4.79 Å². The van der Waals surface area contributed by atoms with Crippen molar-refractivity contribution in [2.75, 3.05) is 18.0 Å². The van der Waals surface area contributed by atoms with Crippen LogP contribution in [0.3, 0.4) is 0 Å². The molecule has 5 heteroatoms. The van der Waals surface area contributed by atoms with Crippen molar-refractivity contribution in [1.82, 2.24) is 15.1 Å². The number of hydrogen-bond acceptors (Lipinski definition) is 3. The summed E-state index contributed by atoms with van der Waals surface area (Å²) in [6.45, 7) is 1.92. The van der Waals surface area contributed by atoms with E-state index >= 15 is 0 Å². The van der Waals surface area contributed by atoms with Gasteiger partial charge in [0.05, 0.1) is 11.9 Å². The number of aryl methyl sites for hydroxylation is 1. The van der Waals surface area contributed by atoms with E-state index in [0.717, 1.165) is 38.0 Å². The summed E-state index contributed by atoms with van der Waals surface area (Å²) >= 11 is 0. The zero-order valence-electron chi connectivity index (χ0n) is 8.89. The molecule has 0 aromatic carbocycles. The van der Waals surface area contributed by atoms with Gasteiger partial charge < -0.3 is 10.2 Å². The Hall–Kier alpha value is -1.52. The van der Waals surface area contributed by atoms with E-state index in [2.05, 4.69) is 15.3 Å². The first-order chi connectivity index (χ1) is 7.29. The number of nitrogens with zero attached hydrogens (tertiary/aromatic N) is 3. The minimum absolute atomic E-state index is 0.274. The molecule has 2 heterocycles. The Morgan fingerprint density at radius 1 is 1.67 bits per heavy atom. The molecule has 0 radical (unpaired) electrons. The zero-order valence-corrected chi connectivity index (χ0v) is 8.89. The maximum atomic E-state index is 10.4. The van der Waals surface area contributed by atoms with Crippen molar-refractivity contribution in [2.45, 2.75) is 18.9 Å². The molecule has 1 aromatic rings. The number of nitrogens with one attached hydrogen (secondary N) is 1. The summed E-state index contributed by atoms with van der Waals surface area (Å²) in [5, 5.41) is 6.99. The molecule has 1 aliphatic heterocycles. The normalized spacial score (nSPS) is 21.4. The van der Waals surface area contributed by atoms with Gasteiger partial charge in [-0.1, -0.05) is 0 Å². The average molecular weight is 208 g/mol.